The highest BCUT2D eigenvalue weighted by Crippen LogP contribution is 2.27. The van der Waals surface area contributed by atoms with E-state index in [-0.39, 0.29) is 5.91 Å². The summed E-state index contributed by atoms with van der Waals surface area (Å²) in [5, 5.41) is 3.38. The van der Waals surface area contributed by atoms with Crippen molar-refractivity contribution in [2.45, 2.75) is 6.42 Å². The normalized spacial score (nSPS) is 24.0. The summed E-state index contributed by atoms with van der Waals surface area (Å²) in [6, 6.07) is 7.50. The molecule has 0 aromatic heterocycles. The number of methoxy groups -OCH3 is 1. The van der Waals surface area contributed by atoms with Gasteiger partial charge in [-0.1, -0.05) is 12.1 Å². The molecule has 114 valence electrons. The minimum absolute atomic E-state index is 0.194. The number of nitrogens with one attached hydrogen (secondary N) is 1. The molecule has 2 saturated heterocycles. The van der Waals surface area contributed by atoms with E-state index in [9.17, 15) is 4.79 Å². The topological polar surface area (TPSA) is 50.8 Å². The lowest BCUT2D eigenvalue weighted by Gasteiger charge is -2.18. The van der Waals surface area contributed by atoms with Crippen molar-refractivity contribution in [2.24, 2.45) is 11.8 Å². The van der Waals surface area contributed by atoms with Crippen LogP contribution in [-0.2, 0) is 4.79 Å². The Hall–Kier alpha value is -1.75. The minimum atomic E-state index is 0.194. The van der Waals surface area contributed by atoms with Crippen molar-refractivity contribution in [1.82, 2.24) is 10.2 Å². The van der Waals surface area contributed by atoms with Gasteiger partial charge in [-0.3, -0.25) is 4.79 Å². The third-order valence-corrected chi connectivity index (χ3v) is 4.38. The highest BCUT2D eigenvalue weighted by molar-refractivity contribution is 5.76. The molecule has 2 fully saturated rings. The summed E-state index contributed by atoms with van der Waals surface area (Å²) in [5.74, 6) is 2.87. The molecule has 21 heavy (non-hydrogen) atoms. The van der Waals surface area contributed by atoms with Crippen LogP contribution in [0.3, 0.4) is 0 Å². The van der Waals surface area contributed by atoms with Gasteiger partial charge in [0.25, 0.3) is 0 Å². The Kier molecular flexibility index (Phi) is 4.29. The summed E-state index contributed by atoms with van der Waals surface area (Å²) in [6.07, 6.45) is 0.422. The van der Waals surface area contributed by atoms with Crippen LogP contribution in [0, 0.1) is 11.8 Å². The van der Waals surface area contributed by atoms with Crippen LogP contribution in [0.15, 0.2) is 24.3 Å². The maximum atomic E-state index is 12.2. The van der Waals surface area contributed by atoms with Crippen LogP contribution in [0.5, 0.6) is 11.5 Å². The summed E-state index contributed by atoms with van der Waals surface area (Å²) >= 11 is 0. The number of fused-ring (bicyclic) bond motifs is 1. The first-order valence-corrected chi connectivity index (χ1v) is 7.52. The van der Waals surface area contributed by atoms with E-state index in [1.807, 2.05) is 29.2 Å². The van der Waals surface area contributed by atoms with Gasteiger partial charge in [-0.25, -0.2) is 0 Å². The smallest absolute Gasteiger partial charge is 0.226 e. The molecule has 0 saturated carbocycles. The zero-order valence-corrected chi connectivity index (χ0v) is 12.4. The molecule has 1 aromatic rings. The van der Waals surface area contributed by atoms with E-state index in [0.717, 1.165) is 26.2 Å². The van der Waals surface area contributed by atoms with Crippen LogP contribution < -0.4 is 14.8 Å². The van der Waals surface area contributed by atoms with Gasteiger partial charge in [-0.2, -0.15) is 0 Å². The number of amides is 1. The first kappa shape index (κ1) is 14.2. The number of hydrogen-bond donors (Lipinski definition) is 1. The third-order valence-electron chi connectivity index (χ3n) is 4.38. The Labute approximate surface area is 125 Å². The monoisotopic (exact) mass is 290 g/mol. The van der Waals surface area contributed by atoms with Gasteiger partial charge in [0.05, 0.1) is 20.1 Å². The fourth-order valence-corrected chi connectivity index (χ4v) is 3.20. The van der Waals surface area contributed by atoms with Crippen LogP contribution in [0.4, 0.5) is 0 Å². The maximum absolute atomic E-state index is 12.2. The third kappa shape index (κ3) is 3.13. The average Bonchev–Trinajstić information content (AvgIpc) is 3.09. The molecule has 0 radical (unpaired) electrons. The Morgan fingerprint density at radius 1 is 1.24 bits per heavy atom. The summed E-state index contributed by atoms with van der Waals surface area (Å²) < 4.78 is 10.9. The van der Waals surface area contributed by atoms with Gasteiger partial charge in [0.2, 0.25) is 5.91 Å². The van der Waals surface area contributed by atoms with E-state index >= 15 is 0 Å². The van der Waals surface area contributed by atoms with Crippen molar-refractivity contribution < 1.29 is 14.3 Å². The fourth-order valence-electron chi connectivity index (χ4n) is 3.20. The molecular formula is C16H22N2O3. The van der Waals surface area contributed by atoms with Crippen LogP contribution in [0.1, 0.15) is 6.42 Å². The lowest BCUT2D eigenvalue weighted by Crippen LogP contribution is -2.32. The molecule has 5 nitrogen and oxygen atoms in total. The second-order valence-corrected chi connectivity index (χ2v) is 5.73. The van der Waals surface area contributed by atoms with E-state index in [0.29, 0.717) is 36.4 Å². The number of hydrogen-bond acceptors (Lipinski definition) is 4. The van der Waals surface area contributed by atoms with Crippen LogP contribution >= 0.6 is 0 Å². The molecule has 0 unspecified atom stereocenters. The van der Waals surface area contributed by atoms with E-state index in [1.165, 1.54) is 0 Å². The minimum Gasteiger partial charge on any atom is -0.493 e. The Morgan fingerprint density at radius 2 is 1.90 bits per heavy atom. The Morgan fingerprint density at radius 3 is 2.57 bits per heavy atom. The largest absolute Gasteiger partial charge is 0.493 e. The molecule has 1 amide bonds. The number of carbonyl (C=O) groups is 1. The number of ether oxygens (including phenoxy) is 2. The van der Waals surface area contributed by atoms with E-state index in [4.69, 9.17) is 9.47 Å². The van der Waals surface area contributed by atoms with Gasteiger partial charge in [-0.05, 0) is 24.0 Å². The van der Waals surface area contributed by atoms with Crippen molar-refractivity contribution in [1.29, 1.82) is 0 Å². The van der Waals surface area contributed by atoms with Crippen molar-refractivity contribution >= 4 is 5.91 Å². The van der Waals surface area contributed by atoms with E-state index in [1.54, 1.807) is 7.11 Å². The zero-order valence-electron chi connectivity index (χ0n) is 12.4. The van der Waals surface area contributed by atoms with Crippen molar-refractivity contribution in [3.8, 4) is 11.5 Å². The number of likely N-dealkylation sites (tertiary alicyclic amines) is 1. The van der Waals surface area contributed by atoms with Crippen LogP contribution in [0.25, 0.3) is 0 Å². The molecule has 2 aliphatic rings. The van der Waals surface area contributed by atoms with Crippen molar-refractivity contribution in [2.75, 3.05) is 39.9 Å². The Bertz CT molecular complexity index is 494. The van der Waals surface area contributed by atoms with Crippen molar-refractivity contribution in [3.05, 3.63) is 24.3 Å². The number of rotatable bonds is 5. The van der Waals surface area contributed by atoms with Gasteiger partial charge in [0, 0.05) is 26.2 Å². The number of para-hydroxylation sites is 2. The van der Waals surface area contributed by atoms with E-state index < -0.39 is 0 Å². The lowest BCUT2D eigenvalue weighted by molar-refractivity contribution is -0.130. The average molecular weight is 290 g/mol. The summed E-state index contributed by atoms with van der Waals surface area (Å²) in [7, 11) is 1.62. The highest BCUT2D eigenvalue weighted by Gasteiger charge is 2.37. The molecule has 5 heteroatoms. The zero-order chi connectivity index (χ0) is 14.7. The highest BCUT2D eigenvalue weighted by atomic mass is 16.5. The molecule has 0 spiro atoms. The quantitative estimate of drug-likeness (QED) is 0.883. The predicted molar refractivity (Wildman–Crippen MR) is 79.5 cm³/mol. The molecule has 2 aliphatic heterocycles. The maximum Gasteiger partial charge on any atom is 0.226 e. The van der Waals surface area contributed by atoms with Crippen molar-refractivity contribution in [3.63, 3.8) is 0 Å². The summed E-state index contributed by atoms with van der Waals surface area (Å²) in [5.41, 5.74) is 0. The molecule has 1 aromatic carbocycles. The van der Waals surface area contributed by atoms with Crippen LogP contribution in [0.2, 0.25) is 0 Å². The summed E-state index contributed by atoms with van der Waals surface area (Å²) in [4.78, 5) is 14.2. The summed E-state index contributed by atoms with van der Waals surface area (Å²) in [6.45, 7) is 4.28. The molecule has 3 rings (SSSR count). The predicted octanol–water partition coefficient (Wildman–Crippen LogP) is 1.14. The molecule has 0 bridgehead atoms. The first-order chi connectivity index (χ1) is 10.3. The van der Waals surface area contributed by atoms with Gasteiger partial charge in [-0.15, -0.1) is 0 Å². The Balaban J connectivity index is 1.46. The number of benzene rings is 1. The molecule has 2 heterocycles. The molecular weight excluding hydrogens is 268 g/mol. The molecule has 0 aliphatic carbocycles. The van der Waals surface area contributed by atoms with Gasteiger partial charge >= 0.3 is 0 Å². The standard InChI is InChI=1S/C16H22N2O3/c1-20-14-4-2-3-5-15(14)21-7-6-16(19)18-10-12-8-17-9-13(12)11-18/h2-5,12-13,17H,6-11H2,1H3/t12-,13+. The SMILES string of the molecule is COc1ccccc1OCCC(=O)N1C[C@H]2CNC[C@H]2C1. The number of nitrogens with zero attached hydrogens (tertiary/aromatic N) is 1. The molecule has 2 atom stereocenters. The second-order valence-electron chi connectivity index (χ2n) is 5.73. The lowest BCUT2D eigenvalue weighted by atomic mass is 10.0. The second kappa shape index (κ2) is 6.35. The van der Waals surface area contributed by atoms with E-state index in [2.05, 4.69) is 5.32 Å². The fraction of sp³-hybridized carbons (Fsp3) is 0.562. The molecule has 1 N–H and O–H groups in total. The van der Waals surface area contributed by atoms with Gasteiger partial charge in [0.1, 0.15) is 0 Å². The first-order valence-electron chi connectivity index (χ1n) is 7.52. The van der Waals surface area contributed by atoms with Gasteiger partial charge in [0.15, 0.2) is 11.5 Å². The van der Waals surface area contributed by atoms with Gasteiger partial charge < -0.3 is 19.7 Å². The van der Waals surface area contributed by atoms with Crippen LogP contribution in [-0.4, -0.2) is 50.7 Å². The number of carbonyl (C=O) groups excluding carboxylic acids is 1.